The fourth-order valence-corrected chi connectivity index (χ4v) is 2.37. The summed E-state index contributed by atoms with van der Waals surface area (Å²) in [4.78, 5) is 1.30. The van der Waals surface area contributed by atoms with Gasteiger partial charge in [-0.25, -0.2) is 0 Å². The highest BCUT2D eigenvalue weighted by Crippen LogP contribution is 2.26. The van der Waals surface area contributed by atoms with Crippen molar-refractivity contribution in [2.24, 2.45) is 5.73 Å². The first kappa shape index (κ1) is 9.71. The van der Waals surface area contributed by atoms with E-state index < -0.39 is 0 Å². The van der Waals surface area contributed by atoms with E-state index in [0.29, 0.717) is 0 Å². The van der Waals surface area contributed by atoms with E-state index in [1.165, 1.54) is 4.88 Å². The maximum atomic E-state index is 6.03. The van der Waals surface area contributed by atoms with Crippen molar-refractivity contribution < 1.29 is 0 Å². The zero-order valence-electron chi connectivity index (χ0n) is 7.79. The lowest BCUT2D eigenvalue weighted by Crippen LogP contribution is -2.44. The molecular weight excluding hydrogens is 168 g/mol. The number of hydrogen-bond acceptors (Lipinski definition) is 3. The van der Waals surface area contributed by atoms with Gasteiger partial charge in [0, 0.05) is 10.4 Å². The van der Waals surface area contributed by atoms with Crippen molar-refractivity contribution >= 4 is 11.3 Å². The molecule has 0 spiro atoms. The van der Waals surface area contributed by atoms with Crippen LogP contribution in [0.5, 0.6) is 0 Å². The Morgan fingerprint density at radius 2 is 2.25 bits per heavy atom. The Hall–Kier alpha value is -0.380. The monoisotopic (exact) mass is 184 g/mol. The molecule has 0 aliphatic carbocycles. The van der Waals surface area contributed by atoms with Gasteiger partial charge in [0.15, 0.2) is 0 Å². The van der Waals surface area contributed by atoms with Gasteiger partial charge in [-0.1, -0.05) is 6.07 Å². The molecule has 3 N–H and O–H groups in total. The molecule has 3 heteroatoms. The normalized spacial score (nSPS) is 14.7. The summed E-state index contributed by atoms with van der Waals surface area (Å²) < 4.78 is 0. The van der Waals surface area contributed by atoms with E-state index in [-0.39, 0.29) is 11.6 Å². The van der Waals surface area contributed by atoms with Crippen LogP contribution in [0.25, 0.3) is 0 Å². The molecule has 1 unspecified atom stereocenters. The average molecular weight is 184 g/mol. The zero-order chi connectivity index (χ0) is 9.19. The van der Waals surface area contributed by atoms with Crippen molar-refractivity contribution in [1.82, 2.24) is 5.32 Å². The van der Waals surface area contributed by atoms with Gasteiger partial charge in [0.05, 0.1) is 6.04 Å². The third-order valence-electron chi connectivity index (χ3n) is 1.86. The van der Waals surface area contributed by atoms with Crippen molar-refractivity contribution in [3.05, 3.63) is 22.4 Å². The van der Waals surface area contributed by atoms with E-state index in [1.807, 2.05) is 20.9 Å². The first-order chi connectivity index (χ1) is 5.55. The molecule has 0 bridgehead atoms. The predicted octanol–water partition coefficient (Wildman–Crippen LogP) is 1.75. The third kappa shape index (κ3) is 2.06. The van der Waals surface area contributed by atoms with Crippen LogP contribution in [0, 0.1) is 0 Å². The second-order valence-corrected chi connectivity index (χ2v) is 4.54. The van der Waals surface area contributed by atoms with Crippen LogP contribution in [0.15, 0.2) is 17.5 Å². The largest absolute Gasteiger partial charge is 0.324 e. The van der Waals surface area contributed by atoms with Crippen LogP contribution >= 0.6 is 11.3 Å². The Balaban J connectivity index is 2.84. The fraction of sp³-hybridized carbons (Fsp3) is 0.556. The maximum Gasteiger partial charge on any atom is 0.0589 e. The fourth-order valence-electron chi connectivity index (χ4n) is 1.34. The molecule has 0 amide bonds. The molecule has 0 fully saturated rings. The molecule has 0 aliphatic heterocycles. The minimum absolute atomic E-state index is 0.209. The van der Waals surface area contributed by atoms with Gasteiger partial charge in [0.2, 0.25) is 0 Å². The van der Waals surface area contributed by atoms with E-state index in [9.17, 15) is 0 Å². The van der Waals surface area contributed by atoms with Crippen LogP contribution in [-0.2, 0) is 0 Å². The first-order valence-corrected chi connectivity index (χ1v) is 4.93. The molecule has 0 radical (unpaired) electrons. The number of thiophene rings is 1. The van der Waals surface area contributed by atoms with Crippen molar-refractivity contribution in [1.29, 1.82) is 0 Å². The zero-order valence-corrected chi connectivity index (χ0v) is 8.61. The summed E-state index contributed by atoms with van der Waals surface area (Å²) in [6.07, 6.45) is 0. The van der Waals surface area contributed by atoms with Gasteiger partial charge in [-0.15, -0.1) is 11.3 Å². The Bertz CT molecular complexity index is 223. The molecule has 0 saturated heterocycles. The Kier molecular flexibility index (Phi) is 2.88. The molecule has 2 nitrogen and oxygen atoms in total. The van der Waals surface area contributed by atoms with Gasteiger partial charge in [0.25, 0.3) is 0 Å². The van der Waals surface area contributed by atoms with Crippen LogP contribution in [0.3, 0.4) is 0 Å². The van der Waals surface area contributed by atoms with Crippen LogP contribution in [0.1, 0.15) is 24.8 Å². The number of nitrogens with two attached hydrogens (primary N) is 1. The maximum absolute atomic E-state index is 6.03. The number of nitrogens with one attached hydrogen (secondary N) is 1. The van der Waals surface area contributed by atoms with Gasteiger partial charge >= 0.3 is 0 Å². The number of hydrogen-bond donors (Lipinski definition) is 2. The van der Waals surface area contributed by atoms with Crippen LogP contribution < -0.4 is 11.1 Å². The SMILES string of the molecule is CNC(c1cccs1)C(C)(C)N. The molecule has 1 atom stereocenters. The Morgan fingerprint density at radius 3 is 2.58 bits per heavy atom. The second-order valence-electron chi connectivity index (χ2n) is 3.56. The van der Waals surface area contributed by atoms with Crippen LogP contribution in [-0.4, -0.2) is 12.6 Å². The van der Waals surface area contributed by atoms with Crippen molar-refractivity contribution in [3.8, 4) is 0 Å². The quantitative estimate of drug-likeness (QED) is 0.751. The standard InChI is InChI=1S/C9H16N2S/c1-9(2,10)8(11-3)7-5-4-6-12-7/h4-6,8,11H,10H2,1-3H3. The van der Waals surface area contributed by atoms with Gasteiger partial charge < -0.3 is 11.1 Å². The highest BCUT2D eigenvalue weighted by molar-refractivity contribution is 7.10. The van der Waals surface area contributed by atoms with Gasteiger partial charge in [0.1, 0.15) is 0 Å². The Morgan fingerprint density at radius 1 is 1.58 bits per heavy atom. The van der Waals surface area contributed by atoms with Crippen molar-refractivity contribution in [2.75, 3.05) is 7.05 Å². The second kappa shape index (κ2) is 3.56. The number of likely N-dealkylation sites (N-methyl/N-ethyl adjacent to an activating group) is 1. The minimum atomic E-state index is -0.209. The van der Waals surface area contributed by atoms with Gasteiger partial charge in [-0.2, -0.15) is 0 Å². The van der Waals surface area contributed by atoms with Gasteiger partial charge in [-0.3, -0.25) is 0 Å². The molecule has 0 saturated carbocycles. The molecule has 0 aliphatic rings. The lowest BCUT2D eigenvalue weighted by molar-refractivity contribution is 0.375. The summed E-state index contributed by atoms with van der Waals surface area (Å²) in [5.74, 6) is 0. The van der Waals surface area contributed by atoms with Crippen molar-refractivity contribution in [2.45, 2.75) is 25.4 Å². The van der Waals surface area contributed by atoms with E-state index in [1.54, 1.807) is 11.3 Å². The molecule has 1 aromatic rings. The molecule has 1 aromatic heterocycles. The highest BCUT2D eigenvalue weighted by Gasteiger charge is 2.25. The van der Waals surface area contributed by atoms with E-state index >= 15 is 0 Å². The van der Waals surface area contributed by atoms with E-state index in [2.05, 4.69) is 22.8 Å². The van der Waals surface area contributed by atoms with Gasteiger partial charge in [-0.05, 0) is 32.3 Å². The summed E-state index contributed by atoms with van der Waals surface area (Å²) in [5, 5.41) is 5.30. The van der Waals surface area contributed by atoms with Crippen LogP contribution in [0.2, 0.25) is 0 Å². The van der Waals surface area contributed by atoms with Crippen LogP contribution in [0.4, 0.5) is 0 Å². The summed E-state index contributed by atoms with van der Waals surface area (Å²) in [7, 11) is 1.94. The molecule has 0 aromatic carbocycles. The minimum Gasteiger partial charge on any atom is -0.324 e. The Labute approximate surface area is 77.8 Å². The molecule has 68 valence electrons. The first-order valence-electron chi connectivity index (χ1n) is 4.05. The third-order valence-corrected chi connectivity index (χ3v) is 2.80. The summed E-state index contributed by atoms with van der Waals surface area (Å²) in [6, 6.07) is 4.41. The van der Waals surface area contributed by atoms with Crippen molar-refractivity contribution in [3.63, 3.8) is 0 Å². The lowest BCUT2D eigenvalue weighted by atomic mass is 9.95. The highest BCUT2D eigenvalue weighted by atomic mass is 32.1. The topological polar surface area (TPSA) is 38.0 Å². The predicted molar refractivity (Wildman–Crippen MR) is 54.4 cm³/mol. The molecule has 1 heterocycles. The lowest BCUT2D eigenvalue weighted by Gasteiger charge is -2.29. The molecule has 12 heavy (non-hydrogen) atoms. The smallest absolute Gasteiger partial charge is 0.0589 e. The summed E-state index contributed by atoms with van der Waals surface area (Å²) in [5.41, 5.74) is 5.82. The molecule has 1 rings (SSSR count). The summed E-state index contributed by atoms with van der Waals surface area (Å²) >= 11 is 1.74. The molecular formula is C9H16N2S. The van der Waals surface area contributed by atoms with E-state index in [0.717, 1.165) is 0 Å². The average Bonchev–Trinajstić information content (AvgIpc) is 2.38. The van der Waals surface area contributed by atoms with E-state index in [4.69, 9.17) is 5.73 Å². The number of rotatable bonds is 3. The summed E-state index contributed by atoms with van der Waals surface area (Å²) in [6.45, 7) is 4.07.